The first-order valence-corrected chi connectivity index (χ1v) is 6.43. The second-order valence-corrected chi connectivity index (χ2v) is 5.30. The second-order valence-electron chi connectivity index (χ2n) is 3.73. The molecule has 1 heterocycles. The fourth-order valence-corrected chi connectivity index (χ4v) is 2.52. The Morgan fingerprint density at radius 2 is 2.19 bits per heavy atom. The number of nitrogens with one attached hydrogen (secondary N) is 1. The molecule has 7 nitrogen and oxygen atoms in total. The zero-order valence-electron chi connectivity index (χ0n) is 9.07. The summed E-state index contributed by atoms with van der Waals surface area (Å²) in [6.45, 7) is 0.719. The normalized spacial score (nSPS) is 18.2. The van der Waals surface area contributed by atoms with Crippen molar-refractivity contribution in [2.24, 2.45) is 0 Å². The van der Waals surface area contributed by atoms with Gasteiger partial charge in [0.1, 0.15) is 0 Å². The topological polar surface area (TPSA) is 93.1 Å². The Labute approximate surface area is 95.0 Å². The van der Waals surface area contributed by atoms with Gasteiger partial charge in [-0.15, -0.1) is 0 Å². The molecule has 1 rings (SSSR count). The van der Waals surface area contributed by atoms with Crippen molar-refractivity contribution in [2.45, 2.75) is 18.2 Å². The van der Waals surface area contributed by atoms with Gasteiger partial charge in [-0.05, 0) is 12.8 Å². The molecule has 94 valence electrons. The number of nitrogens with zero attached hydrogens (tertiary/aromatic N) is 2. The highest BCUT2D eigenvalue weighted by Crippen LogP contribution is 2.17. The van der Waals surface area contributed by atoms with E-state index in [2.05, 4.69) is 0 Å². The van der Waals surface area contributed by atoms with Crippen LogP contribution in [0.1, 0.15) is 12.8 Å². The van der Waals surface area contributed by atoms with Gasteiger partial charge in [-0.1, -0.05) is 0 Å². The van der Waals surface area contributed by atoms with Crippen LogP contribution in [-0.2, 0) is 10.1 Å². The van der Waals surface area contributed by atoms with Crippen molar-refractivity contribution in [1.82, 2.24) is 15.3 Å². The summed E-state index contributed by atoms with van der Waals surface area (Å²) >= 11 is 0. The van der Waals surface area contributed by atoms with Gasteiger partial charge in [0.25, 0.3) is 10.1 Å². The summed E-state index contributed by atoms with van der Waals surface area (Å²) in [4.78, 5) is 3.36. The standard InChI is InChI=1S/C8H17N3O4S/c1-10-5-6-11(7-10)8(16(13,14)15)3-2-4-9-12/h5-6,8-9,12H,2-4,7H2,1H3,(H,13,14,15). The molecule has 0 aromatic heterocycles. The fraction of sp³-hybridized carbons (Fsp3) is 0.750. The molecule has 0 aromatic rings. The molecule has 3 N–H and O–H groups in total. The summed E-state index contributed by atoms with van der Waals surface area (Å²) in [5, 5.41) is 7.44. The smallest absolute Gasteiger partial charge is 0.286 e. The van der Waals surface area contributed by atoms with E-state index in [1.54, 1.807) is 17.3 Å². The molecule has 1 aliphatic rings. The minimum absolute atomic E-state index is 0.255. The monoisotopic (exact) mass is 251 g/mol. The van der Waals surface area contributed by atoms with Crippen molar-refractivity contribution in [3.63, 3.8) is 0 Å². The van der Waals surface area contributed by atoms with E-state index in [9.17, 15) is 8.42 Å². The number of rotatable bonds is 6. The molecule has 0 fully saturated rings. The molecule has 0 aromatic carbocycles. The van der Waals surface area contributed by atoms with Gasteiger partial charge in [0.15, 0.2) is 5.37 Å². The van der Waals surface area contributed by atoms with Crippen LogP contribution >= 0.6 is 0 Å². The highest BCUT2D eigenvalue weighted by Gasteiger charge is 2.29. The molecule has 0 radical (unpaired) electrons. The van der Waals surface area contributed by atoms with E-state index < -0.39 is 15.5 Å². The Kier molecular flexibility index (Phi) is 4.54. The van der Waals surface area contributed by atoms with E-state index in [0.717, 1.165) is 0 Å². The van der Waals surface area contributed by atoms with Crippen LogP contribution in [-0.4, -0.2) is 53.6 Å². The Morgan fingerprint density at radius 3 is 2.62 bits per heavy atom. The van der Waals surface area contributed by atoms with Gasteiger partial charge < -0.3 is 15.0 Å². The van der Waals surface area contributed by atoms with Crippen molar-refractivity contribution in [1.29, 1.82) is 0 Å². The van der Waals surface area contributed by atoms with Gasteiger partial charge in [0.2, 0.25) is 0 Å². The zero-order chi connectivity index (χ0) is 12.2. The molecule has 0 amide bonds. The third-order valence-electron chi connectivity index (χ3n) is 2.35. The number of hydroxylamine groups is 1. The molecular formula is C8H17N3O4S. The van der Waals surface area contributed by atoms with E-state index in [0.29, 0.717) is 19.6 Å². The predicted molar refractivity (Wildman–Crippen MR) is 58.0 cm³/mol. The largest absolute Gasteiger partial charge is 0.362 e. The van der Waals surface area contributed by atoms with E-state index in [1.807, 2.05) is 17.4 Å². The highest BCUT2D eigenvalue weighted by molar-refractivity contribution is 7.86. The number of hydrogen-bond donors (Lipinski definition) is 3. The van der Waals surface area contributed by atoms with E-state index >= 15 is 0 Å². The van der Waals surface area contributed by atoms with Crippen molar-refractivity contribution in [2.75, 3.05) is 20.3 Å². The van der Waals surface area contributed by atoms with Gasteiger partial charge in [0.05, 0.1) is 6.67 Å². The van der Waals surface area contributed by atoms with Gasteiger partial charge in [0, 0.05) is 26.0 Å². The highest BCUT2D eigenvalue weighted by atomic mass is 32.2. The molecule has 0 saturated carbocycles. The lowest BCUT2D eigenvalue weighted by Gasteiger charge is -2.26. The quantitative estimate of drug-likeness (QED) is 0.337. The van der Waals surface area contributed by atoms with Gasteiger partial charge in [-0.25, -0.2) is 5.48 Å². The Hall–Kier alpha value is -0.830. The van der Waals surface area contributed by atoms with Crippen LogP contribution < -0.4 is 5.48 Å². The third-order valence-corrected chi connectivity index (χ3v) is 3.55. The molecule has 8 heteroatoms. The van der Waals surface area contributed by atoms with Crippen molar-refractivity contribution in [3.8, 4) is 0 Å². The van der Waals surface area contributed by atoms with Crippen LogP contribution in [0.25, 0.3) is 0 Å². The fourth-order valence-electron chi connectivity index (χ4n) is 1.58. The lowest BCUT2D eigenvalue weighted by Crippen LogP contribution is -2.39. The SMILES string of the molecule is CN1C=CN(C(CCCNO)S(=O)(=O)O)C1. The minimum Gasteiger partial charge on any atom is -0.362 e. The molecule has 16 heavy (non-hydrogen) atoms. The molecule has 0 bridgehead atoms. The Balaban J connectivity index is 2.62. The van der Waals surface area contributed by atoms with Crippen LogP contribution in [0.4, 0.5) is 0 Å². The summed E-state index contributed by atoms with van der Waals surface area (Å²) in [6, 6.07) is 0. The molecule has 1 unspecified atom stereocenters. The lowest BCUT2D eigenvalue weighted by molar-refractivity contribution is 0.161. The maximum atomic E-state index is 11.2. The first-order valence-electron chi connectivity index (χ1n) is 4.92. The Bertz CT molecular complexity index is 343. The minimum atomic E-state index is -4.11. The van der Waals surface area contributed by atoms with Crippen LogP contribution in [0.5, 0.6) is 0 Å². The lowest BCUT2D eigenvalue weighted by atomic mass is 10.3. The van der Waals surface area contributed by atoms with Crippen LogP contribution in [0.3, 0.4) is 0 Å². The summed E-state index contributed by atoms with van der Waals surface area (Å²) in [6.07, 6.45) is 4.08. The first-order chi connectivity index (χ1) is 7.45. The molecule has 0 aliphatic carbocycles. The van der Waals surface area contributed by atoms with E-state index in [-0.39, 0.29) is 6.42 Å². The average Bonchev–Trinajstić information content (AvgIpc) is 2.57. The molecular weight excluding hydrogens is 234 g/mol. The maximum absolute atomic E-state index is 11.2. The van der Waals surface area contributed by atoms with E-state index in [4.69, 9.17) is 9.76 Å². The van der Waals surface area contributed by atoms with Crippen molar-refractivity contribution < 1.29 is 18.2 Å². The third kappa shape index (κ3) is 3.63. The van der Waals surface area contributed by atoms with Crippen LogP contribution in [0, 0.1) is 0 Å². The van der Waals surface area contributed by atoms with Gasteiger partial charge in [-0.3, -0.25) is 4.55 Å². The van der Waals surface area contributed by atoms with Crippen LogP contribution in [0.15, 0.2) is 12.4 Å². The van der Waals surface area contributed by atoms with Gasteiger partial charge >= 0.3 is 0 Å². The molecule has 0 spiro atoms. The molecule has 1 aliphatic heterocycles. The average molecular weight is 251 g/mol. The second kappa shape index (κ2) is 5.48. The van der Waals surface area contributed by atoms with Crippen molar-refractivity contribution >= 4 is 10.1 Å². The van der Waals surface area contributed by atoms with Crippen molar-refractivity contribution in [3.05, 3.63) is 12.4 Å². The zero-order valence-corrected chi connectivity index (χ0v) is 9.89. The number of hydrogen-bond acceptors (Lipinski definition) is 6. The van der Waals surface area contributed by atoms with E-state index in [1.165, 1.54) is 0 Å². The molecule has 1 atom stereocenters. The van der Waals surface area contributed by atoms with Gasteiger partial charge in [-0.2, -0.15) is 8.42 Å². The van der Waals surface area contributed by atoms with Crippen LogP contribution in [0.2, 0.25) is 0 Å². The maximum Gasteiger partial charge on any atom is 0.286 e. The first kappa shape index (κ1) is 13.2. The summed E-state index contributed by atoms with van der Waals surface area (Å²) in [7, 11) is -2.30. The summed E-state index contributed by atoms with van der Waals surface area (Å²) in [5.74, 6) is 0. The molecule has 0 saturated heterocycles. The predicted octanol–water partition coefficient (Wildman–Crippen LogP) is -0.365. The summed E-state index contributed by atoms with van der Waals surface area (Å²) < 4.78 is 31.5. The Morgan fingerprint density at radius 1 is 1.50 bits per heavy atom. The summed E-state index contributed by atoms with van der Waals surface area (Å²) in [5.41, 5.74) is 1.95.